The van der Waals surface area contributed by atoms with Gasteiger partial charge in [-0.25, -0.2) is 4.31 Å². The van der Waals surface area contributed by atoms with Crippen LogP contribution in [0.5, 0.6) is 0 Å². The van der Waals surface area contributed by atoms with Crippen molar-refractivity contribution in [3.05, 3.63) is 24.3 Å². The predicted molar refractivity (Wildman–Crippen MR) is 62.5 cm³/mol. The molecular weight excluding hydrogens is 198 g/mol. The smallest absolute Gasteiger partial charge is 0.0363 e. The van der Waals surface area contributed by atoms with Crippen molar-refractivity contribution in [2.45, 2.75) is 23.6 Å². The lowest BCUT2D eigenvalue weighted by Gasteiger charge is -2.17. The standard InChI is InChI=1S/C10H15NS2/c1-3-11(4-2)13-10-8-6-5-7-9(10)12/h5-8,12H,3-4H2,1-2H3. The first-order chi connectivity index (χ1) is 6.27. The van der Waals surface area contributed by atoms with Gasteiger partial charge in [-0.1, -0.05) is 26.0 Å². The molecule has 0 aromatic heterocycles. The van der Waals surface area contributed by atoms with Gasteiger partial charge < -0.3 is 0 Å². The molecule has 0 aliphatic heterocycles. The molecule has 0 radical (unpaired) electrons. The SMILES string of the molecule is CCN(CC)Sc1ccccc1S. The van der Waals surface area contributed by atoms with Crippen LogP contribution in [0.4, 0.5) is 0 Å². The molecule has 1 nitrogen and oxygen atoms in total. The molecule has 0 aliphatic rings. The van der Waals surface area contributed by atoms with Crippen molar-refractivity contribution >= 4 is 24.6 Å². The lowest BCUT2D eigenvalue weighted by atomic mass is 10.4. The van der Waals surface area contributed by atoms with E-state index < -0.39 is 0 Å². The zero-order chi connectivity index (χ0) is 9.68. The Bertz CT molecular complexity index is 259. The van der Waals surface area contributed by atoms with E-state index in [-0.39, 0.29) is 0 Å². The van der Waals surface area contributed by atoms with Crippen LogP contribution in [0, 0.1) is 0 Å². The molecule has 1 aromatic carbocycles. The quantitative estimate of drug-likeness (QED) is 0.604. The summed E-state index contributed by atoms with van der Waals surface area (Å²) in [6.07, 6.45) is 0. The minimum absolute atomic E-state index is 1.06. The van der Waals surface area contributed by atoms with Gasteiger partial charge in [-0.2, -0.15) is 0 Å². The predicted octanol–water partition coefficient (Wildman–Crippen LogP) is 3.32. The lowest BCUT2D eigenvalue weighted by molar-refractivity contribution is 0.524. The van der Waals surface area contributed by atoms with Crippen LogP contribution in [0.2, 0.25) is 0 Å². The van der Waals surface area contributed by atoms with E-state index in [0.717, 1.165) is 18.0 Å². The molecule has 72 valence electrons. The summed E-state index contributed by atoms with van der Waals surface area (Å²) in [5, 5.41) is 0. The molecule has 0 aliphatic carbocycles. The van der Waals surface area contributed by atoms with Gasteiger partial charge in [0.25, 0.3) is 0 Å². The third kappa shape index (κ3) is 3.25. The van der Waals surface area contributed by atoms with Gasteiger partial charge in [-0.15, -0.1) is 12.6 Å². The molecule has 0 saturated heterocycles. The fourth-order valence-electron chi connectivity index (χ4n) is 1.03. The van der Waals surface area contributed by atoms with Crippen LogP contribution in [-0.2, 0) is 0 Å². The summed E-state index contributed by atoms with van der Waals surface area (Å²) in [7, 11) is 0. The maximum atomic E-state index is 4.40. The molecule has 0 atom stereocenters. The maximum Gasteiger partial charge on any atom is 0.0363 e. The van der Waals surface area contributed by atoms with Crippen LogP contribution < -0.4 is 0 Å². The van der Waals surface area contributed by atoms with Crippen molar-refractivity contribution in [3.63, 3.8) is 0 Å². The van der Waals surface area contributed by atoms with Gasteiger partial charge in [-0.05, 0) is 24.1 Å². The van der Waals surface area contributed by atoms with E-state index >= 15 is 0 Å². The Balaban J connectivity index is 2.67. The van der Waals surface area contributed by atoms with E-state index in [4.69, 9.17) is 0 Å². The highest BCUT2D eigenvalue weighted by Crippen LogP contribution is 2.27. The molecule has 3 heteroatoms. The van der Waals surface area contributed by atoms with Gasteiger partial charge in [0.05, 0.1) is 0 Å². The van der Waals surface area contributed by atoms with Gasteiger partial charge in [0.15, 0.2) is 0 Å². The summed E-state index contributed by atoms with van der Waals surface area (Å²) in [6.45, 7) is 6.45. The van der Waals surface area contributed by atoms with Gasteiger partial charge in [-0.3, -0.25) is 0 Å². The van der Waals surface area contributed by atoms with Gasteiger partial charge in [0, 0.05) is 22.9 Å². The fraction of sp³-hybridized carbons (Fsp3) is 0.400. The van der Waals surface area contributed by atoms with Crippen molar-refractivity contribution in [2.75, 3.05) is 13.1 Å². The Labute approximate surface area is 90.1 Å². The highest BCUT2D eigenvalue weighted by atomic mass is 32.2. The largest absolute Gasteiger partial charge is 0.247 e. The monoisotopic (exact) mass is 213 g/mol. The van der Waals surface area contributed by atoms with Crippen LogP contribution in [0.1, 0.15) is 13.8 Å². The number of thiol groups is 1. The lowest BCUT2D eigenvalue weighted by Crippen LogP contribution is -2.13. The Morgan fingerprint density at radius 2 is 1.85 bits per heavy atom. The Kier molecular flexibility index (Phi) is 4.70. The maximum absolute atomic E-state index is 4.40. The molecule has 0 bridgehead atoms. The summed E-state index contributed by atoms with van der Waals surface area (Å²) >= 11 is 6.17. The van der Waals surface area contributed by atoms with Crippen LogP contribution in [0.25, 0.3) is 0 Å². The average Bonchev–Trinajstić information content (AvgIpc) is 2.17. The third-order valence-corrected chi connectivity index (χ3v) is 3.67. The number of nitrogens with zero attached hydrogens (tertiary/aromatic N) is 1. The summed E-state index contributed by atoms with van der Waals surface area (Å²) in [5.41, 5.74) is 0. The van der Waals surface area contributed by atoms with E-state index in [1.807, 2.05) is 18.2 Å². The molecule has 1 rings (SSSR count). The van der Waals surface area contributed by atoms with Crippen molar-refractivity contribution in [1.82, 2.24) is 4.31 Å². The Hall–Kier alpha value is -0.120. The van der Waals surface area contributed by atoms with E-state index in [1.165, 1.54) is 4.90 Å². The number of rotatable bonds is 4. The van der Waals surface area contributed by atoms with Gasteiger partial charge in [0.2, 0.25) is 0 Å². The zero-order valence-corrected chi connectivity index (χ0v) is 9.74. The van der Waals surface area contributed by atoms with Gasteiger partial charge in [0.1, 0.15) is 0 Å². The van der Waals surface area contributed by atoms with Crippen molar-refractivity contribution in [3.8, 4) is 0 Å². The average molecular weight is 213 g/mol. The number of benzene rings is 1. The van der Waals surface area contributed by atoms with E-state index in [2.05, 4.69) is 36.8 Å². The highest BCUT2D eigenvalue weighted by Gasteiger charge is 2.03. The summed E-state index contributed by atoms with van der Waals surface area (Å²) in [4.78, 5) is 2.29. The van der Waals surface area contributed by atoms with E-state index in [0.29, 0.717) is 0 Å². The van der Waals surface area contributed by atoms with Gasteiger partial charge >= 0.3 is 0 Å². The van der Waals surface area contributed by atoms with Crippen LogP contribution in [0.15, 0.2) is 34.1 Å². The summed E-state index contributed by atoms with van der Waals surface area (Å²) in [6, 6.07) is 8.18. The molecule has 0 saturated carbocycles. The summed E-state index contributed by atoms with van der Waals surface area (Å²) < 4.78 is 2.30. The molecule has 1 aromatic rings. The topological polar surface area (TPSA) is 3.24 Å². The molecule has 0 amide bonds. The number of hydrogen-bond acceptors (Lipinski definition) is 3. The van der Waals surface area contributed by atoms with Crippen molar-refractivity contribution in [1.29, 1.82) is 0 Å². The first-order valence-corrected chi connectivity index (χ1v) is 5.70. The summed E-state index contributed by atoms with van der Waals surface area (Å²) in [5.74, 6) is 0. The molecule has 0 spiro atoms. The van der Waals surface area contributed by atoms with Crippen LogP contribution in [-0.4, -0.2) is 17.4 Å². The van der Waals surface area contributed by atoms with E-state index in [1.54, 1.807) is 11.9 Å². The zero-order valence-electron chi connectivity index (χ0n) is 8.03. The number of hydrogen-bond donors (Lipinski definition) is 1. The minimum Gasteiger partial charge on any atom is -0.247 e. The first kappa shape index (κ1) is 11.0. The fourth-order valence-corrected chi connectivity index (χ4v) is 2.15. The highest BCUT2D eigenvalue weighted by molar-refractivity contribution is 7.97. The Morgan fingerprint density at radius 3 is 2.38 bits per heavy atom. The third-order valence-electron chi connectivity index (χ3n) is 1.80. The first-order valence-electron chi connectivity index (χ1n) is 4.48. The second kappa shape index (κ2) is 5.58. The second-order valence-electron chi connectivity index (χ2n) is 2.67. The van der Waals surface area contributed by atoms with Crippen molar-refractivity contribution < 1.29 is 0 Å². The van der Waals surface area contributed by atoms with Crippen LogP contribution >= 0.6 is 24.6 Å². The molecule has 0 N–H and O–H groups in total. The molecule has 0 heterocycles. The Morgan fingerprint density at radius 1 is 1.23 bits per heavy atom. The normalized spacial score (nSPS) is 10.8. The molecule has 0 unspecified atom stereocenters. The molecule has 0 fully saturated rings. The molecular formula is C10H15NS2. The van der Waals surface area contributed by atoms with Crippen molar-refractivity contribution in [2.24, 2.45) is 0 Å². The second-order valence-corrected chi connectivity index (χ2v) is 4.29. The van der Waals surface area contributed by atoms with E-state index in [9.17, 15) is 0 Å². The minimum atomic E-state index is 1.06. The molecule has 13 heavy (non-hydrogen) atoms. The van der Waals surface area contributed by atoms with Crippen LogP contribution in [0.3, 0.4) is 0 Å².